The Morgan fingerprint density at radius 3 is 2.71 bits per heavy atom. The third-order valence-electron chi connectivity index (χ3n) is 4.67. The molecular formula is C15H32N2. The summed E-state index contributed by atoms with van der Waals surface area (Å²) in [5.74, 6) is 0.905. The lowest BCUT2D eigenvalue weighted by Crippen LogP contribution is -2.47. The van der Waals surface area contributed by atoms with Crippen LogP contribution in [0.5, 0.6) is 0 Å². The molecule has 3 atom stereocenters. The van der Waals surface area contributed by atoms with Crippen LogP contribution in [-0.4, -0.2) is 38.1 Å². The van der Waals surface area contributed by atoms with E-state index in [0.717, 1.165) is 5.92 Å². The summed E-state index contributed by atoms with van der Waals surface area (Å²) in [6, 6.07) is 0.709. The van der Waals surface area contributed by atoms with Gasteiger partial charge in [0.15, 0.2) is 0 Å². The Hall–Kier alpha value is -0.0800. The van der Waals surface area contributed by atoms with Gasteiger partial charge in [-0.25, -0.2) is 0 Å². The van der Waals surface area contributed by atoms with E-state index in [2.05, 4.69) is 45.1 Å². The first-order chi connectivity index (χ1) is 8.03. The zero-order valence-electron chi connectivity index (χ0n) is 12.6. The number of nitrogens with zero attached hydrogens (tertiary/aromatic N) is 1. The normalized spacial score (nSPS) is 31.8. The largest absolute Gasteiger partial charge is 0.319 e. The first-order valence-corrected chi connectivity index (χ1v) is 7.38. The molecule has 0 radical (unpaired) electrons. The standard InChI is InChI=1S/C15H32N2/c1-6-14(3)17(5)12-15(11-16-4)9-7-8-13(2)10-15/h13-14,16H,6-12H2,1-5H3. The van der Waals surface area contributed by atoms with Crippen molar-refractivity contribution in [2.45, 2.75) is 58.9 Å². The molecule has 1 aliphatic carbocycles. The average Bonchev–Trinajstić information content (AvgIpc) is 2.28. The van der Waals surface area contributed by atoms with Gasteiger partial charge in [0.1, 0.15) is 0 Å². The number of hydrogen-bond acceptors (Lipinski definition) is 2. The summed E-state index contributed by atoms with van der Waals surface area (Å²) >= 11 is 0. The van der Waals surface area contributed by atoms with E-state index < -0.39 is 0 Å². The summed E-state index contributed by atoms with van der Waals surface area (Å²) in [7, 11) is 4.40. The lowest BCUT2D eigenvalue weighted by atomic mass is 9.69. The lowest BCUT2D eigenvalue weighted by molar-refractivity contribution is 0.0768. The molecule has 0 aromatic rings. The monoisotopic (exact) mass is 240 g/mol. The second-order valence-electron chi connectivity index (χ2n) is 6.40. The minimum atomic E-state index is 0.518. The summed E-state index contributed by atoms with van der Waals surface area (Å²) in [4.78, 5) is 2.56. The molecule has 17 heavy (non-hydrogen) atoms. The molecule has 0 bridgehead atoms. The van der Waals surface area contributed by atoms with Crippen molar-refractivity contribution in [1.82, 2.24) is 10.2 Å². The van der Waals surface area contributed by atoms with Crippen LogP contribution in [0.25, 0.3) is 0 Å². The maximum Gasteiger partial charge on any atom is 0.00614 e. The van der Waals surface area contributed by atoms with Gasteiger partial charge in [0.05, 0.1) is 0 Å². The molecule has 0 heterocycles. The zero-order chi connectivity index (χ0) is 12.9. The summed E-state index contributed by atoms with van der Waals surface area (Å²) in [6.45, 7) is 9.49. The summed E-state index contributed by atoms with van der Waals surface area (Å²) in [5.41, 5.74) is 0.518. The first-order valence-electron chi connectivity index (χ1n) is 7.38. The van der Waals surface area contributed by atoms with Crippen molar-refractivity contribution in [3.63, 3.8) is 0 Å². The Labute approximate surface area is 108 Å². The van der Waals surface area contributed by atoms with Gasteiger partial charge < -0.3 is 10.2 Å². The van der Waals surface area contributed by atoms with Gasteiger partial charge in [0.2, 0.25) is 0 Å². The van der Waals surface area contributed by atoms with E-state index >= 15 is 0 Å². The molecule has 1 rings (SSSR count). The van der Waals surface area contributed by atoms with Gasteiger partial charge in [-0.05, 0) is 51.6 Å². The van der Waals surface area contributed by atoms with Crippen LogP contribution < -0.4 is 5.32 Å². The predicted octanol–water partition coefficient (Wildman–Crippen LogP) is 3.13. The average molecular weight is 240 g/mol. The molecule has 0 aromatic carbocycles. The van der Waals surface area contributed by atoms with Crippen molar-refractivity contribution >= 4 is 0 Å². The van der Waals surface area contributed by atoms with Crippen LogP contribution >= 0.6 is 0 Å². The first kappa shape index (κ1) is 15.0. The molecule has 1 aliphatic rings. The Morgan fingerprint density at radius 1 is 1.47 bits per heavy atom. The molecule has 0 aromatic heterocycles. The van der Waals surface area contributed by atoms with E-state index in [-0.39, 0.29) is 0 Å². The Morgan fingerprint density at radius 2 is 2.18 bits per heavy atom. The molecular weight excluding hydrogens is 208 g/mol. The van der Waals surface area contributed by atoms with Crippen molar-refractivity contribution in [2.75, 3.05) is 27.2 Å². The summed E-state index contributed by atoms with van der Waals surface area (Å²) in [6.07, 6.45) is 6.89. The molecule has 3 unspecified atom stereocenters. The van der Waals surface area contributed by atoms with E-state index in [1.807, 2.05) is 0 Å². The van der Waals surface area contributed by atoms with E-state index in [1.165, 1.54) is 45.2 Å². The fourth-order valence-corrected chi connectivity index (χ4v) is 3.50. The van der Waals surface area contributed by atoms with Crippen LogP contribution in [0.2, 0.25) is 0 Å². The molecule has 2 heteroatoms. The minimum absolute atomic E-state index is 0.518. The van der Waals surface area contributed by atoms with Gasteiger partial charge in [-0.3, -0.25) is 0 Å². The van der Waals surface area contributed by atoms with Gasteiger partial charge in [0.25, 0.3) is 0 Å². The predicted molar refractivity (Wildman–Crippen MR) is 76.4 cm³/mol. The molecule has 102 valence electrons. The summed E-state index contributed by atoms with van der Waals surface area (Å²) in [5, 5.41) is 3.43. The van der Waals surface area contributed by atoms with Gasteiger partial charge >= 0.3 is 0 Å². The van der Waals surface area contributed by atoms with E-state index in [0.29, 0.717) is 11.5 Å². The molecule has 0 saturated heterocycles. The Bertz CT molecular complexity index is 213. The molecule has 1 saturated carbocycles. The quantitative estimate of drug-likeness (QED) is 0.767. The zero-order valence-corrected chi connectivity index (χ0v) is 12.6. The third kappa shape index (κ3) is 4.26. The fourth-order valence-electron chi connectivity index (χ4n) is 3.50. The Kier molecular flexibility index (Phi) is 5.94. The second-order valence-corrected chi connectivity index (χ2v) is 6.40. The highest BCUT2D eigenvalue weighted by atomic mass is 15.1. The SMILES string of the molecule is CCC(C)N(C)CC1(CNC)CCCC(C)C1. The summed E-state index contributed by atoms with van der Waals surface area (Å²) < 4.78 is 0. The number of hydrogen-bond donors (Lipinski definition) is 1. The van der Waals surface area contributed by atoms with Crippen molar-refractivity contribution in [1.29, 1.82) is 0 Å². The van der Waals surface area contributed by atoms with Crippen LogP contribution in [0, 0.1) is 11.3 Å². The van der Waals surface area contributed by atoms with E-state index in [4.69, 9.17) is 0 Å². The Balaban J connectivity index is 2.63. The van der Waals surface area contributed by atoms with Crippen LogP contribution in [0.4, 0.5) is 0 Å². The minimum Gasteiger partial charge on any atom is -0.319 e. The molecule has 0 amide bonds. The van der Waals surface area contributed by atoms with Gasteiger partial charge in [-0.2, -0.15) is 0 Å². The van der Waals surface area contributed by atoms with Crippen LogP contribution in [0.15, 0.2) is 0 Å². The molecule has 1 fully saturated rings. The van der Waals surface area contributed by atoms with Gasteiger partial charge in [-0.1, -0.05) is 26.7 Å². The lowest BCUT2D eigenvalue weighted by Gasteiger charge is -2.43. The van der Waals surface area contributed by atoms with Crippen LogP contribution in [-0.2, 0) is 0 Å². The highest BCUT2D eigenvalue weighted by Crippen LogP contribution is 2.39. The van der Waals surface area contributed by atoms with Crippen molar-refractivity contribution in [2.24, 2.45) is 11.3 Å². The molecule has 1 N–H and O–H groups in total. The van der Waals surface area contributed by atoms with Crippen LogP contribution in [0.1, 0.15) is 52.9 Å². The maximum absolute atomic E-state index is 3.43. The number of rotatable bonds is 6. The topological polar surface area (TPSA) is 15.3 Å². The van der Waals surface area contributed by atoms with E-state index in [1.54, 1.807) is 0 Å². The molecule has 2 nitrogen and oxygen atoms in total. The third-order valence-corrected chi connectivity index (χ3v) is 4.67. The van der Waals surface area contributed by atoms with Gasteiger partial charge in [0, 0.05) is 19.1 Å². The van der Waals surface area contributed by atoms with Crippen LogP contribution in [0.3, 0.4) is 0 Å². The molecule has 0 spiro atoms. The smallest absolute Gasteiger partial charge is 0.00614 e. The molecule has 0 aliphatic heterocycles. The van der Waals surface area contributed by atoms with Crippen molar-refractivity contribution < 1.29 is 0 Å². The second kappa shape index (κ2) is 6.75. The van der Waals surface area contributed by atoms with Crippen molar-refractivity contribution in [3.8, 4) is 0 Å². The number of nitrogens with one attached hydrogen (secondary N) is 1. The highest BCUT2D eigenvalue weighted by Gasteiger charge is 2.35. The van der Waals surface area contributed by atoms with Gasteiger partial charge in [-0.15, -0.1) is 0 Å². The maximum atomic E-state index is 3.43. The van der Waals surface area contributed by atoms with E-state index in [9.17, 15) is 0 Å². The van der Waals surface area contributed by atoms with Crippen molar-refractivity contribution in [3.05, 3.63) is 0 Å². The fraction of sp³-hybridized carbons (Fsp3) is 1.00. The highest BCUT2D eigenvalue weighted by molar-refractivity contribution is 4.89.